The molecule has 0 amide bonds. The van der Waals surface area contributed by atoms with E-state index >= 15 is 0 Å². The van der Waals surface area contributed by atoms with Gasteiger partial charge in [0, 0.05) is 5.88 Å². The van der Waals surface area contributed by atoms with Crippen LogP contribution in [-0.2, 0) is 5.88 Å². The molecule has 2 unspecified atom stereocenters. The van der Waals surface area contributed by atoms with Gasteiger partial charge in [0.25, 0.3) is 0 Å². The Labute approximate surface area is 127 Å². The molecule has 0 nitrogen and oxygen atoms in total. The second kappa shape index (κ2) is 7.50. The van der Waals surface area contributed by atoms with E-state index in [1.165, 1.54) is 29.5 Å². The molecule has 2 rings (SSSR count). The molecule has 1 heteroatoms. The summed E-state index contributed by atoms with van der Waals surface area (Å²) in [4.78, 5) is 0. The molecule has 20 heavy (non-hydrogen) atoms. The number of benzene rings is 2. The number of hydrogen-bond donors (Lipinski definition) is 0. The van der Waals surface area contributed by atoms with E-state index in [1.54, 1.807) is 0 Å². The van der Waals surface area contributed by atoms with Crippen LogP contribution in [0.4, 0.5) is 0 Å². The van der Waals surface area contributed by atoms with Crippen LogP contribution in [0.5, 0.6) is 0 Å². The van der Waals surface area contributed by atoms with Crippen molar-refractivity contribution >= 4 is 11.6 Å². The van der Waals surface area contributed by atoms with Crippen molar-refractivity contribution in [1.82, 2.24) is 0 Å². The van der Waals surface area contributed by atoms with Gasteiger partial charge in [0.05, 0.1) is 0 Å². The second-order valence-electron chi connectivity index (χ2n) is 5.53. The zero-order valence-electron chi connectivity index (χ0n) is 12.4. The second-order valence-corrected chi connectivity index (χ2v) is 5.80. The topological polar surface area (TPSA) is 0 Å². The summed E-state index contributed by atoms with van der Waals surface area (Å²) in [5.41, 5.74) is 4.06. The van der Waals surface area contributed by atoms with E-state index in [4.69, 9.17) is 11.6 Å². The van der Waals surface area contributed by atoms with Gasteiger partial charge in [-0.15, -0.1) is 11.6 Å². The highest BCUT2D eigenvalue weighted by molar-refractivity contribution is 6.17. The van der Waals surface area contributed by atoms with Crippen molar-refractivity contribution < 1.29 is 0 Å². The van der Waals surface area contributed by atoms with Gasteiger partial charge in [-0.25, -0.2) is 0 Å². The van der Waals surface area contributed by atoms with Gasteiger partial charge < -0.3 is 0 Å². The van der Waals surface area contributed by atoms with E-state index in [9.17, 15) is 0 Å². The molecule has 0 aliphatic rings. The summed E-state index contributed by atoms with van der Waals surface area (Å²) in [6.07, 6.45) is 2.37. The molecule has 0 aliphatic heterocycles. The Morgan fingerprint density at radius 1 is 0.900 bits per heavy atom. The quantitative estimate of drug-likeness (QED) is 0.562. The van der Waals surface area contributed by atoms with Crippen LogP contribution in [0.25, 0.3) is 0 Å². The molecule has 106 valence electrons. The molecule has 0 fully saturated rings. The first-order chi connectivity index (χ1) is 9.74. The third-order valence-electron chi connectivity index (χ3n) is 4.10. The highest BCUT2D eigenvalue weighted by Gasteiger charge is 2.14. The predicted molar refractivity (Wildman–Crippen MR) is 88.5 cm³/mol. The number of rotatable bonds is 6. The van der Waals surface area contributed by atoms with Crippen molar-refractivity contribution in [3.8, 4) is 0 Å². The SMILES string of the molecule is CCC(CC(C)c1ccccc1)c1ccc(CCl)cc1. The van der Waals surface area contributed by atoms with Crippen molar-refractivity contribution in [2.75, 3.05) is 0 Å². The van der Waals surface area contributed by atoms with Crippen molar-refractivity contribution in [2.45, 2.75) is 44.4 Å². The van der Waals surface area contributed by atoms with E-state index in [-0.39, 0.29) is 0 Å². The number of halogens is 1. The summed E-state index contributed by atoms with van der Waals surface area (Å²) in [7, 11) is 0. The Hall–Kier alpha value is -1.27. The van der Waals surface area contributed by atoms with Crippen LogP contribution in [0.1, 0.15) is 55.2 Å². The van der Waals surface area contributed by atoms with Crippen molar-refractivity contribution in [3.63, 3.8) is 0 Å². The molecular formula is C19H23Cl. The van der Waals surface area contributed by atoms with Gasteiger partial charge in [-0.1, -0.05) is 68.4 Å². The molecule has 0 radical (unpaired) electrons. The maximum Gasteiger partial charge on any atom is 0.0474 e. The summed E-state index contributed by atoms with van der Waals surface area (Å²) in [6.45, 7) is 4.60. The standard InChI is InChI=1S/C19H23Cl/c1-3-17(19-11-9-16(14-20)10-12-19)13-15(2)18-7-5-4-6-8-18/h4-12,15,17H,3,13-14H2,1-2H3. The summed E-state index contributed by atoms with van der Waals surface area (Å²) in [5, 5.41) is 0. The van der Waals surface area contributed by atoms with Crippen LogP contribution in [0.2, 0.25) is 0 Å². The lowest BCUT2D eigenvalue weighted by molar-refractivity contribution is 0.544. The minimum absolute atomic E-state index is 0.592. The molecule has 0 N–H and O–H groups in total. The lowest BCUT2D eigenvalue weighted by Crippen LogP contribution is -2.03. The van der Waals surface area contributed by atoms with Gasteiger partial charge in [0.15, 0.2) is 0 Å². The summed E-state index contributed by atoms with van der Waals surface area (Å²) in [6, 6.07) is 19.6. The molecule has 0 saturated carbocycles. The molecule has 0 saturated heterocycles. The van der Waals surface area contributed by atoms with Crippen molar-refractivity contribution in [2.24, 2.45) is 0 Å². The first-order valence-electron chi connectivity index (χ1n) is 7.44. The maximum atomic E-state index is 5.86. The van der Waals surface area contributed by atoms with E-state index in [1.807, 2.05) is 0 Å². The zero-order chi connectivity index (χ0) is 14.4. The largest absolute Gasteiger partial charge is 0.122 e. The average Bonchev–Trinajstić information content (AvgIpc) is 2.53. The fourth-order valence-corrected chi connectivity index (χ4v) is 2.94. The van der Waals surface area contributed by atoms with Gasteiger partial charge in [-0.3, -0.25) is 0 Å². The van der Waals surface area contributed by atoms with Crippen molar-refractivity contribution in [3.05, 3.63) is 71.3 Å². The first kappa shape index (κ1) is 15.1. The Morgan fingerprint density at radius 2 is 1.55 bits per heavy atom. The Bertz CT molecular complexity index is 501. The van der Waals surface area contributed by atoms with Gasteiger partial charge in [-0.05, 0) is 41.4 Å². The monoisotopic (exact) mass is 286 g/mol. The molecule has 0 heterocycles. The fourth-order valence-electron chi connectivity index (χ4n) is 2.76. The van der Waals surface area contributed by atoms with Crippen LogP contribution in [0.15, 0.2) is 54.6 Å². The smallest absolute Gasteiger partial charge is 0.0474 e. The molecule has 2 aromatic rings. The van der Waals surface area contributed by atoms with Crippen LogP contribution in [0.3, 0.4) is 0 Å². The Morgan fingerprint density at radius 3 is 2.10 bits per heavy atom. The van der Waals surface area contributed by atoms with Crippen LogP contribution in [0, 0.1) is 0 Å². The van der Waals surface area contributed by atoms with Gasteiger partial charge in [-0.2, -0.15) is 0 Å². The minimum atomic E-state index is 0.592. The lowest BCUT2D eigenvalue weighted by atomic mass is 9.84. The summed E-state index contributed by atoms with van der Waals surface area (Å²) in [5.74, 6) is 1.81. The molecular weight excluding hydrogens is 264 g/mol. The Balaban J connectivity index is 2.08. The minimum Gasteiger partial charge on any atom is -0.122 e. The third-order valence-corrected chi connectivity index (χ3v) is 4.41. The molecule has 2 aromatic carbocycles. The number of alkyl halides is 1. The van der Waals surface area contributed by atoms with Gasteiger partial charge in [0.2, 0.25) is 0 Å². The zero-order valence-corrected chi connectivity index (χ0v) is 13.1. The normalized spacial score (nSPS) is 13.9. The Kier molecular flexibility index (Phi) is 5.67. The van der Waals surface area contributed by atoms with Crippen LogP contribution in [-0.4, -0.2) is 0 Å². The summed E-state index contributed by atoms with van der Waals surface area (Å²) < 4.78 is 0. The van der Waals surface area contributed by atoms with E-state index in [0.29, 0.717) is 17.7 Å². The van der Waals surface area contributed by atoms with Crippen molar-refractivity contribution in [1.29, 1.82) is 0 Å². The highest BCUT2D eigenvalue weighted by Crippen LogP contribution is 2.32. The highest BCUT2D eigenvalue weighted by atomic mass is 35.5. The van der Waals surface area contributed by atoms with E-state index in [2.05, 4.69) is 68.4 Å². The van der Waals surface area contributed by atoms with Gasteiger partial charge in [0.1, 0.15) is 0 Å². The van der Waals surface area contributed by atoms with Crippen LogP contribution >= 0.6 is 11.6 Å². The van der Waals surface area contributed by atoms with E-state index in [0.717, 1.165) is 0 Å². The summed E-state index contributed by atoms with van der Waals surface area (Å²) >= 11 is 5.86. The molecule has 0 aliphatic carbocycles. The first-order valence-corrected chi connectivity index (χ1v) is 7.97. The molecule has 0 spiro atoms. The third kappa shape index (κ3) is 3.86. The molecule has 0 aromatic heterocycles. The maximum absolute atomic E-state index is 5.86. The fraction of sp³-hybridized carbons (Fsp3) is 0.368. The lowest BCUT2D eigenvalue weighted by Gasteiger charge is -2.21. The molecule has 0 bridgehead atoms. The molecule has 2 atom stereocenters. The predicted octanol–water partition coefficient (Wildman–Crippen LogP) is 6.11. The average molecular weight is 287 g/mol. The van der Waals surface area contributed by atoms with Crippen LogP contribution < -0.4 is 0 Å². The van der Waals surface area contributed by atoms with E-state index < -0.39 is 0 Å². The number of hydrogen-bond acceptors (Lipinski definition) is 0. The van der Waals surface area contributed by atoms with Gasteiger partial charge >= 0.3 is 0 Å².